The molecule has 2 aromatic rings. The van der Waals surface area contributed by atoms with Gasteiger partial charge in [0.25, 0.3) is 0 Å². The zero-order valence-corrected chi connectivity index (χ0v) is 13.8. The van der Waals surface area contributed by atoms with Crippen molar-refractivity contribution in [1.29, 1.82) is 0 Å². The number of nitrogens with one attached hydrogen (secondary N) is 1. The summed E-state index contributed by atoms with van der Waals surface area (Å²) in [5, 5.41) is 2.98. The van der Waals surface area contributed by atoms with Crippen LogP contribution in [0.15, 0.2) is 41.3 Å². The minimum atomic E-state index is 0.0351. The summed E-state index contributed by atoms with van der Waals surface area (Å²) in [5.41, 5.74) is 5.63. The molecule has 0 atom stereocenters. The molecule has 0 aliphatic rings. The molecule has 0 unspecified atom stereocenters. The van der Waals surface area contributed by atoms with Crippen LogP contribution in [-0.4, -0.2) is 11.7 Å². The van der Waals surface area contributed by atoms with Crippen molar-refractivity contribution in [3.8, 4) is 0 Å². The predicted molar refractivity (Wildman–Crippen MR) is 91.2 cm³/mol. The predicted octanol–water partition coefficient (Wildman–Crippen LogP) is 4.65. The summed E-state index contributed by atoms with van der Waals surface area (Å²) in [6.07, 6.45) is 0. The van der Waals surface area contributed by atoms with Crippen molar-refractivity contribution in [2.75, 3.05) is 11.1 Å². The Balaban J connectivity index is 1.97. The maximum Gasteiger partial charge on any atom is 0.234 e. The van der Waals surface area contributed by atoms with Crippen molar-refractivity contribution in [2.45, 2.75) is 32.6 Å². The van der Waals surface area contributed by atoms with Crippen LogP contribution in [0.2, 0.25) is 0 Å². The fourth-order valence-corrected chi connectivity index (χ4v) is 3.07. The number of amides is 1. The number of rotatable bonds is 4. The molecule has 0 bridgehead atoms. The Morgan fingerprint density at radius 1 is 0.952 bits per heavy atom. The van der Waals surface area contributed by atoms with Crippen molar-refractivity contribution in [1.82, 2.24) is 0 Å². The van der Waals surface area contributed by atoms with E-state index in [1.165, 1.54) is 21.6 Å². The van der Waals surface area contributed by atoms with Crippen molar-refractivity contribution in [3.05, 3.63) is 58.7 Å². The van der Waals surface area contributed by atoms with Gasteiger partial charge < -0.3 is 5.32 Å². The highest BCUT2D eigenvalue weighted by atomic mass is 32.2. The molecule has 0 aromatic heterocycles. The van der Waals surface area contributed by atoms with Crippen molar-refractivity contribution < 1.29 is 4.79 Å². The average molecular weight is 299 g/mol. The number of anilines is 1. The van der Waals surface area contributed by atoms with Crippen LogP contribution in [0.25, 0.3) is 0 Å². The van der Waals surface area contributed by atoms with Gasteiger partial charge in [-0.25, -0.2) is 0 Å². The summed E-state index contributed by atoms with van der Waals surface area (Å²) in [6, 6.07) is 12.4. The van der Waals surface area contributed by atoms with E-state index < -0.39 is 0 Å². The van der Waals surface area contributed by atoms with Crippen LogP contribution < -0.4 is 5.32 Å². The van der Waals surface area contributed by atoms with Crippen LogP contribution in [0, 0.1) is 27.7 Å². The standard InChI is InChI=1S/C18H21NOS/c1-12-6-8-16(15(4)9-12)19-18(20)11-21-17-10-13(2)5-7-14(17)3/h5-10H,11H2,1-4H3,(H,19,20). The van der Waals surface area contributed by atoms with E-state index in [0.717, 1.165) is 11.3 Å². The number of carbonyl (C=O) groups excluding carboxylic acids is 1. The monoisotopic (exact) mass is 299 g/mol. The number of benzene rings is 2. The lowest BCUT2D eigenvalue weighted by molar-refractivity contribution is -0.113. The summed E-state index contributed by atoms with van der Waals surface area (Å²) in [4.78, 5) is 13.3. The lowest BCUT2D eigenvalue weighted by Crippen LogP contribution is -2.14. The minimum Gasteiger partial charge on any atom is -0.325 e. The summed E-state index contributed by atoms with van der Waals surface area (Å²) < 4.78 is 0. The van der Waals surface area contributed by atoms with Gasteiger partial charge in [-0.2, -0.15) is 0 Å². The second kappa shape index (κ2) is 6.81. The number of aryl methyl sites for hydroxylation is 4. The highest BCUT2D eigenvalue weighted by Gasteiger charge is 2.07. The number of hydrogen-bond donors (Lipinski definition) is 1. The van der Waals surface area contributed by atoms with Gasteiger partial charge in [0.15, 0.2) is 0 Å². The maximum absolute atomic E-state index is 12.1. The highest BCUT2D eigenvalue weighted by molar-refractivity contribution is 8.00. The largest absolute Gasteiger partial charge is 0.325 e. The highest BCUT2D eigenvalue weighted by Crippen LogP contribution is 2.24. The van der Waals surface area contributed by atoms with Crippen molar-refractivity contribution in [3.63, 3.8) is 0 Å². The lowest BCUT2D eigenvalue weighted by atomic mass is 10.1. The van der Waals surface area contributed by atoms with E-state index in [1.807, 2.05) is 19.1 Å². The van der Waals surface area contributed by atoms with E-state index in [4.69, 9.17) is 0 Å². The second-order valence-corrected chi connectivity index (χ2v) is 6.44. The SMILES string of the molecule is Cc1ccc(NC(=O)CSc2cc(C)ccc2C)c(C)c1. The molecule has 1 N–H and O–H groups in total. The van der Waals surface area contributed by atoms with E-state index in [9.17, 15) is 4.79 Å². The molecular formula is C18H21NOS. The van der Waals surface area contributed by atoms with Gasteiger partial charge >= 0.3 is 0 Å². The Morgan fingerprint density at radius 3 is 2.33 bits per heavy atom. The molecular weight excluding hydrogens is 278 g/mol. The first kappa shape index (κ1) is 15.6. The average Bonchev–Trinajstić information content (AvgIpc) is 2.43. The Bertz CT molecular complexity index is 664. The quantitative estimate of drug-likeness (QED) is 0.833. The third-order valence-corrected chi connectivity index (χ3v) is 4.52. The normalized spacial score (nSPS) is 10.5. The third-order valence-electron chi connectivity index (χ3n) is 3.36. The Morgan fingerprint density at radius 2 is 1.62 bits per heavy atom. The molecule has 0 heterocycles. The smallest absolute Gasteiger partial charge is 0.234 e. The zero-order valence-electron chi connectivity index (χ0n) is 13.0. The number of thioether (sulfide) groups is 1. The van der Waals surface area contributed by atoms with Gasteiger partial charge in [-0.05, 0) is 51.0 Å². The van der Waals surface area contributed by atoms with Gasteiger partial charge in [0.05, 0.1) is 5.75 Å². The summed E-state index contributed by atoms with van der Waals surface area (Å²) in [7, 11) is 0. The van der Waals surface area contributed by atoms with Crippen LogP contribution in [0.5, 0.6) is 0 Å². The zero-order chi connectivity index (χ0) is 15.4. The van der Waals surface area contributed by atoms with Crippen molar-refractivity contribution in [2.24, 2.45) is 0 Å². The minimum absolute atomic E-state index is 0.0351. The molecule has 3 heteroatoms. The van der Waals surface area contributed by atoms with Gasteiger partial charge in [-0.15, -0.1) is 11.8 Å². The lowest BCUT2D eigenvalue weighted by Gasteiger charge is -2.10. The first-order chi connectivity index (χ1) is 9.95. The molecule has 2 nitrogen and oxygen atoms in total. The fraction of sp³-hybridized carbons (Fsp3) is 0.278. The molecule has 21 heavy (non-hydrogen) atoms. The molecule has 0 spiro atoms. The Labute approximate surface area is 131 Å². The van der Waals surface area contributed by atoms with Crippen LogP contribution >= 0.6 is 11.8 Å². The summed E-state index contributed by atoms with van der Waals surface area (Å²) in [5.74, 6) is 0.463. The molecule has 1 amide bonds. The molecule has 2 rings (SSSR count). The first-order valence-electron chi connectivity index (χ1n) is 7.03. The number of hydrogen-bond acceptors (Lipinski definition) is 2. The molecule has 0 radical (unpaired) electrons. The molecule has 0 aliphatic heterocycles. The van der Waals surface area contributed by atoms with E-state index in [-0.39, 0.29) is 5.91 Å². The maximum atomic E-state index is 12.1. The summed E-state index contributed by atoms with van der Waals surface area (Å²) in [6.45, 7) is 8.21. The van der Waals surface area contributed by atoms with Gasteiger partial charge in [-0.1, -0.05) is 35.4 Å². The molecule has 110 valence electrons. The topological polar surface area (TPSA) is 29.1 Å². The molecule has 0 aliphatic carbocycles. The van der Waals surface area contributed by atoms with E-state index in [2.05, 4.69) is 50.4 Å². The van der Waals surface area contributed by atoms with Gasteiger partial charge in [-0.3, -0.25) is 4.79 Å². The van der Waals surface area contributed by atoms with Crippen molar-refractivity contribution >= 4 is 23.4 Å². The van der Waals surface area contributed by atoms with Gasteiger partial charge in [0.2, 0.25) is 5.91 Å². The first-order valence-corrected chi connectivity index (χ1v) is 8.01. The molecule has 0 saturated carbocycles. The third kappa shape index (κ3) is 4.36. The van der Waals surface area contributed by atoms with Crippen LogP contribution in [0.3, 0.4) is 0 Å². The second-order valence-electron chi connectivity index (χ2n) is 5.42. The van der Waals surface area contributed by atoms with E-state index in [1.54, 1.807) is 11.8 Å². The van der Waals surface area contributed by atoms with Crippen LogP contribution in [0.4, 0.5) is 5.69 Å². The molecule has 0 fully saturated rings. The van der Waals surface area contributed by atoms with Crippen LogP contribution in [0.1, 0.15) is 22.3 Å². The molecule has 0 saturated heterocycles. The van der Waals surface area contributed by atoms with Gasteiger partial charge in [0, 0.05) is 10.6 Å². The fourth-order valence-electron chi connectivity index (χ4n) is 2.15. The number of carbonyl (C=O) groups is 1. The molecule has 2 aromatic carbocycles. The van der Waals surface area contributed by atoms with Gasteiger partial charge in [0.1, 0.15) is 0 Å². The van der Waals surface area contributed by atoms with Crippen LogP contribution in [-0.2, 0) is 4.79 Å². The Kier molecular flexibility index (Phi) is 5.07. The Hall–Kier alpha value is -1.74. The van der Waals surface area contributed by atoms with E-state index in [0.29, 0.717) is 5.75 Å². The van der Waals surface area contributed by atoms with E-state index >= 15 is 0 Å². The summed E-state index contributed by atoms with van der Waals surface area (Å²) >= 11 is 1.59.